The smallest absolute Gasteiger partial charge is 0.193 e. The zero-order valence-electron chi connectivity index (χ0n) is 24.7. The van der Waals surface area contributed by atoms with Crippen LogP contribution in [-0.4, -0.2) is 64.4 Å². The maximum absolute atomic E-state index is 12.7. The minimum absolute atomic E-state index is 0.00124. The van der Waals surface area contributed by atoms with E-state index in [1.807, 2.05) is 28.1 Å². The fourth-order valence-electron chi connectivity index (χ4n) is 4.35. The van der Waals surface area contributed by atoms with Crippen molar-refractivity contribution in [2.24, 2.45) is 0 Å². The second kappa shape index (κ2) is 22.7. The summed E-state index contributed by atoms with van der Waals surface area (Å²) in [7, 11) is 3.22. The van der Waals surface area contributed by atoms with Crippen molar-refractivity contribution in [1.29, 1.82) is 0 Å². The molecule has 0 amide bonds. The highest BCUT2D eigenvalue weighted by Crippen LogP contribution is 2.48. The second-order valence-electron chi connectivity index (χ2n) is 11.1. The molecule has 0 heterocycles. The summed E-state index contributed by atoms with van der Waals surface area (Å²) >= 11 is 0. The first kappa shape index (κ1) is 35.8. The van der Waals surface area contributed by atoms with E-state index in [2.05, 4.69) is 19.1 Å². The van der Waals surface area contributed by atoms with Crippen LogP contribution in [0.1, 0.15) is 117 Å². The highest BCUT2D eigenvalue weighted by Gasteiger charge is 2.35. The summed E-state index contributed by atoms with van der Waals surface area (Å²) in [6.45, 7) is 5.27. The van der Waals surface area contributed by atoms with Crippen LogP contribution in [0.15, 0.2) is 12.2 Å². The Morgan fingerprint density at radius 2 is 1.31 bits per heavy atom. The van der Waals surface area contributed by atoms with E-state index >= 15 is 0 Å². The quantitative estimate of drug-likeness (QED) is 0.0500. The zero-order chi connectivity index (χ0) is 27.1. The van der Waals surface area contributed by atoms with Gasteiger partial charge < -0.3 is 27.9 Å². The van der Waals surface area contributed by atoms with Crippen LogP contribution in [0.25, 0.3) is 0 Å². The highest BCUT2D eigenvalue weighted by atomic mass is 31.2. The van der Waals surface area contributed by atoms with Gasteiger partial charge in [-0.1, -0.05) is 83.8 Å². The molecule has 3 atom stereocenters. The summed E-state index contributed by atoms with van der Waals surface area (Å²) in [6, 6.07) is 0. The first-order chi connectivity index (χ1) is 17.2. The van der Waals surface area contributed by atoms with E-state index in [1.54, 1.807) is 7.11 Å². The van der Waals surface area contributed by atoms with Crippen molar-refractivity contribution in [2.45, 2.75) is 128 Å². The van der Waals surface area contributed by atoms with Crippen molar-refractivity contribution < 1.29 is 27.9 Å². The maximum Gasteiger partial charge on any atom is 0.193 e. The van der Waals surface area contributed by atoms with Gasteiger partial charge in [0.05, 0.1) is 34.4 Å². The molecule has 0 aromatic carbocycles. The van der Waals surface area contributed by atoms with Crippen molar-refractivity contribution in [2.75, 3.05) is 48.1 Å². The Kier molecular flexibility index (Phi) is 22.6. The number of unbranched alkanes of at least 4 members (excludes halogenated alkanes) is 12. The van der Waals surface area contributed by atoms with Gasteiger partial charge in [-0.05, 0) is 38.5 Å². The molecule has 0 bridgehead atoms. The van der Waals surface area contributed by atoms with Crippen molar-refractivity contribution in [3.63, 3.8) is 0 Å². The van der Waals surface area contributed by atoms with Crippen molar-refractivity contribution in [3.8, 4) is 0 Å². The molecule has 0 aromatic heterocycles. The summed E-state index contributed by atoms with van der Waals surface area (Å²) in [5, 5.41) is 0. The minimum atomic E-state index is -4.01. The molecule has 36 heavy (non-hydrogen) atoms. The molecule has 6 nitrogen and oxygen atoms in total. The van der Waals surface area contributed by atoms with Gasteiger partial charge >= 0.3 is 0 Å². The predicted octanol–water partition coefficient (Wildman–Crippen LogP) is 7.46. The average molecular weight is 534 g/mol. The third-order valence-corrected chi connectivity index (χ3v) is 8.87. The van der Waals surface area contributed by atoms with Crippen LogP contribution in [0.2, 0.25) is 0 Å². The lowest BCUT2D eigenvalue weighted by Crippen LogP contribution is -2.47. The second-order valence-corrected chi connectivity index (χ2v) is 13.0. The molecule has 0 N–H and O–H groups in total. The molecule has 0 aliphatic heterocycles. The number of quaternary nitrogens is 1. The number of nitrogens with zero attached hydrogens (tertiary/aromatic N) is 1. The third kappa shape index (κ3) is 19.8. The van der Waals surface area contributed by atoms with Gasteiger partial charge in [-0.25, -0.2) is 0 Å². The normalized spacial score (nSPS) is 15.9. The Morgan fingerprint density at radius 3 is 1.81 bits per heavy atom. The first-order valence-corrected chi connectivity index (χ1v) is 16.3. The van der Waals surface area contributed by atoms with E-state index in [0.29, 0.717) is 24.1 Å². The van der Waals surface area contributed by atoms with E-state index in [0.717, 1.165) is 25.7 Å². The lowest BCUT2D eigenvalue weighted by atomic mass is 10.1. The van der Waals surface area contributed by atoms with E-state index in [9.17, 15) is 9.46 Å². The van der Waals surface area contributed by atoms with Gasteiger partial charge in [-0.3, -0.25) is 0 Å². The highest BCUT2D eigenvalue weighted by molar-refractivity contribution is 7.51. The Bertz CT molecular complexity index is 564. The Labute approximate surface area is 224 Å². The Morgan fingerprint density at radius 1 is 0.778 bits per heavy atom. The summed E-state index contributed by atoms with van der Waals surface area (Å²) in [6.07, 6.45) is 23.8. The summed E-state index contributed by atoms with van der Waals surface area (Å²) in [4.78, 5) is 12.7. The van der Waals surface area contributed by atoms with E-state index in [-0.39, 0.29) is 12.7 Å². The number of allylic oxidation sites excluding steroid dienone is 2. The van der Waals surface area contributed by atoms with E-state index in [1.165, 1.54) is 70.6 Å². The third-order valence-electron chi connectivity index (χ3n) is 6.68. The molecule has 0 rings (SSSR count). The molecule has 0 fully saturated rings. The summed E-state index contributed by atoms with van der Waals surface area (Å²) < 4.78 is 29.5. The summed E-state index contributed by atoms with van der Waals surface area (Å²) in [5.41, 5.74) is 0. The monoisotopic (exact) mass is 533 g/mol. The molecule has 2 unspecified atom stereocenters. The van der Waals surface area contributed by atoms with Gasteiger partial charge in [0.1, 0.15) is 6.10 Å². The fraction of sp³-hybridized carbons (Fsp3) is 0.931. The van der Waals surface area contributed by atoms with Gasteiger partial charge in [0.25, 0.3) is 0 Å². The molecule has 0 spiro atoms. The molecule has 7 heteroatoms. The molecule has 0 radical (unpaired) electrons. The lowest BCUT2D eigenvalue weighted by Gasteiger charge is -2.41. The van der Waals surface area contributed by atoms with Crippen molar-refractivity contribution >= 4 is 7.60 Å². The van der Waals surface area contributed by atoms with Crippen LogP contribution < -0.4 is 4.89 Å². The lowest BCUT2D eigenvalue weighted by molar-refractivity contribution is -0.884. The van der Waals surface area contributed by atoms with E-state index < -0.39 is 13.4 Å². The Hall–Kier alpha value is -0.230. The SMILES string of the molecule is CCCCCCCCCCC/C=C\CCCCCOC[C@H](COP(=O)([O-])C(CCC)[N+](C)(C)C)OC. The van der Waals surface area contributed by atoms with Crippen LogP contribution in [0.3, 0.4) is 0 Å². The zero-order valence-corrected chi connectivity index (χ0v) is 25.6. The van der Waals surface area contributed by atoms with Gasteiger partial charge in [0, 0.05) is 20.1 Å². The molecule has 0 aliphatic carbocycles. The number of rotatable bonds is 26. The van der Waals surface area contributed by atoms with Gasteiger partial charge in [-0.15, -0.1) is 0 Å². The van der Waals surface area contributed by atoms with Crippen LogP contribution in [0.5, 0.6) is 0 Å². The van der Waals surface area contributed by atoms with Gasteiger partial charge in [0.2, 0.25) is 0 Å². The van der Waals surface area contributed by atoms with Gasteiger partial charge in [-0.2, -0.15) is 0 Å². The predicted molar refractivity (Wildman–Crippen MR) is 151 cm³/mol. The average Bonchev–Trinajstić information content (AvgIpc) is 2.82. The molecular weight excluding hydrogens is 473 g/mol. The molecule has 0 aromatic rings. The largest absolute Gasteiger partial charge is 0.774 e. The molecule has 0 saturated heterocycles. The maximum atomic E-state index is 12.7. The number of hydrogen-bond donors (Lipinski definition) is 0. The number of ether oxygens (including phenoxy) is 2. The van der Waals surface area contributed by atoms with Crippen molar-refractivity contribution in [3.05, 3.63) is 12.2 Å². The number of methoxy groups -OCH3 is 1. The topological polar surface area (TPSA) is 67.8 Å². The summed E-state index contributed by atoms with van der Waals surface area (Å²) in [5.74, 6) is -0.555. The first-order valence-electron chi connectivity index (χ1n) is 14.7. The number of hydrogen-bond acceptors (Lipinski definition) is 5. The fourth-order valence-corrected chi connectivity index (χ4v) is 6.32. The van der Waals surface area contributed by atoms with Crippen molar-refractivity contribution in [1.82, 2.24) is 0 Å². The van der Waals surface area contributed by atoms with Gasteiger partial charge in [0.15, 0.2) is 13.4 Å². The van der Waals surface area contributed by atoms with Crippen LogP contribution >= 0.6 is 7.60 Å². The molecule has 216 valence electrons. The van der Waals surface area contributed by atoms with Crippen LogP contribution in [0, 0.1) is 0 Å². The van der Waals surface area contributed by atoms with E-state index in [4.69, 9.17) is 14.0 Å². The molecule has 0 saturated carbocycles. The Balaban J connectivity index is 3.77. The molecule has 0 aliphatic rings. The van der Waals surface area contributed by atoms with Crippen LogP contribution in [-0.2, 0) is 18.6 Å². The minimum Gasteiger partial charge on any atom is -0.774 e. The van der Waals surface area contributed by atoms with Crippen LogP contribution in [0.4, 0.5) is 0 Å². The standard InChI is InChI=1S/C29H60NO5P/c1-7-9-10-11-12-13-14-15-16-17-18-19-20-21-22-23-25-34-26-28(33-6)27-35-36(31,32)29(24-8-2)30(3,4)5/h18-19,28-29H,7-17,20-27H2,1-6H3/b19-18-/t28-,29?/m1/s1. The molecular formula is C29H60NO5P.